The minimum Gasteiger partial charge on any atom is -0.507 e. The molecule has 0 radical (unpaired) electrons. The van der Waals surface area contributed by atoms with E-state index in [2.05, 4.69) is 0 Å². The number of fused-ring (bicyclic) bond motifs is 1. The molecule has 3 rings (SSSR count). The van der Waals surface area contributed by atoms with Gasteiger partial charge in [-0.15, -0.1) is 0 Å². The standard InChI is InChI=1S/C15H9Cl2NO5/c16-8-4-10(17)13-11(5-8)18(15(22)23-13)6-7-1-2-9(14(20)21)12(19)3-7/h1-5,19H,6H2,(H,20,21). The fourth-order valence-electron chi connectivity index (χ4n) is 2.28. The Kier molecular flexibility index (Phi) is 3.79. The van der Waals surface area contributed by atoms with Gasteiger partial charge in [0.15, 0.2) is 5.58 Å². The van der Waals surface area contributed by atoms with E-state index in [1.54, 1.807) is 6.07 Å². The minimum absolute atomic E-state index is 0.0654. The molecule has 0 aliphatic rings. The molecule has 8 heteroatoms. The monoisotopic (exact) mass is 353 g/mol. The van der Waals surface area contributed by atoms with Gasteiger partial charge in [-0.2, -0.15) is 0 Å². The van der Waals surface area contributed by atoms with E-state index < -0.39 is 11.7 Å². The van der Waals surface area contributed by atoms with Crippen molar-refractivity contribution >= 4 is 40.3 Å². The summed E-state index contributed by atoms with van der Waals surface area (Å²) in [5.41, 5.74) is 0.930. The highest BCUT2D eigenvalue weighted by Crippen LogP contribution is 2.28. The number of carboxylic acid groups (broad SMARTS) is 1. The van der Waals surface area contributed by atoms with Crippen molar-refractivity contribution in [3.05, 3.63) is 62.1 Å². The van der Waals surface area contributed by atoms with Gasteiger partial charge in [0.1, 0.15) is 11.3 Å². The van der Waals surface area contributed by atoms with Gasteiger partial charge in [-0.25, -0.2) is 9.59 Å². The molecule has 0 aliphatic heterocycles. The first-order chi connectivity index (χ1) is 10.9. The van der Waals surface area contributed by atoms with Gasteiger partial charge in [-0.05, 0) is 29.8 Å². The van der Waals surface area contributed by atoms with Crippen LogP contribution in [0.1, 0.15) is 15.9 Å². The van der Waals surface area contributed by atoms with Crippen LogP contribution >= 0.6 is 23.2 Å². The summed E-state index contributed by atoms with van der Waals surface area (Å²) in [6.07, 6.45) is 0. The molecule has 0 aliphatic carbocycles. The van der Waals surface area contributed by atoms with Crippen molar-refractivity contribution in [1.29, 1.82) is 0 Å². The molecule has 0 saturated carbocycles. The van der Waals surface area contributed by atoms with Crippen LogP contribution in [-0.4, -0.2) is 20.7 Å². The molecule has 1 heterocycles. The van der Waals surface area contributed by atoms with Crippen LogP contribution < -0.4 is 5.76 Å². The van der Waals surface area contributed by atoms with Gasteiger partial charge in [0.25, 0.3) is 0 Å². The van der Waals surface area contributed by atoms with E-state index in [1.807, 2.05) is 0 Å². The second-order valence-electron chi connectivity index (χ2n) is 4.85. The van der Waals surface area contributed by atoms with Crippen LogP contribution in [0.5, 0.6) is 5.75 Å². The lowest BCUT2D eigenvalue weighted by Gasteiger charge is -2.06. The quantitative estimate of drug-likeness (QED) is 0.752. The van der Waals surface area contributed by atoms with Crippen LogP contribution in [-0.2, 0) is 6.54 Å². The molecule has 0 fully saturated rings. The molecule has 0 unspecified atom stereocenters. The number of oxazole rings is 1. The van der Waals surface area contributed by atoms with E-state index in [9.17, 15) is 14.7 Å². The predicted octanol–water partition coefficient (Wildman–Crippen LogP) is 3.35. The number of hydrogen-bond acceptors (Lipinski definition) is 4. The van der Waals surface area contributed by atoms with Gasteiger partial charge in [-0.3, -0.25) is 4.57 Å². The summed E-state index contributed by atoms with van der Waals surface area (Å²) >= 11 is 11.9. The average molecular weight is 354 g/mol. The SMILES string of the molecule is O=C(O)c1ccc(Cn2c(=O)oc3c(Cl)cc(Cl)cc32)cc1O. The van der Waals surface area contributed by atoms with Gasteiger partial charge in [0.05, 0.1) is 17.1 Å². The Bertz CT molecular complexity index is 989. The summed E-state index contributed by atoms with van der Waals surface area (Å²) in [4.78, 5) is 22.9. The minimum atomic E-state index is -1.24. The van der Waals surface area contributed by atoms with Crippen LogP contribution in [0.25, 0.3) is 11.1 Å². The van der Waals surface area contributed by atoms with E-state index in [-0.39, 0.29) is 28.5 Å². The molecule has 23 heavy (non-hydrogen) atoms. The number of aromatic carboxylic acids is 1. The van der Waals surface area contributed by atoms with E-state index in [0.717, 1.165) is 0 Å². The molecule has 0 bridgehead atoms. The van der Waals surface area contributed by atoms with Crippen molar-refractivity contribution in [1.82, 2.24) is 4.57 Å². The van der Waals surface area contributed by atoms with Crippen molar-refractivity contribution in [2.75, 3.05) is 0 Å². The van der Waals surface area contributed by atoms with Gasteiger partial charge in [-0.1, -0.05) is 29.3 Å². The van der Waals surface area contributed by atoms with Gasteiger partial charge >= 0.3 is 11.7 Å². The summed E-state index contributed by atoms with van der Waals surface area (Å²) in [5.74, 6) is -2.25. The van der Waals surface area contributed by atoms with Crippen LogP contribution in [0, 0.1) is 0 Å². The number of hydrogen-bond donors (Lipinski definition) is 2. The Labute approximate surface area is 139 Å². The number of benzene rings is 2. The largest absolute Gasteiger partial charge is 0.507 e. The van der Waals surface area contributed by atoms with Gasteiger partial charge in [0.2, 0.25) is 0 Å². The zero-order valence-corrected chi connectivity index (χ0v) is 12.9. The van der Waals surface area contributed by atoms with Crippen LogP contribution in [0.3, 0.4) is 0 Å². The Balaban J connectivity index is 2.09. The molecule has 0 amide bonds. The Morgan fingerprint density at radius 1 is 1.22 bits per heavy atom. The third kappa shape index (κ3) is 2.78. The number of carbonyl (C=O) groups is 1. The highest BCUT2D eigenvalue weighted by Gasteiger charge is 2.15. The topological polar surface area (TPSA) is 92.7 Å². The highest BCUT2D eigenvalue weighted by molar-refractivity contribution is 6.37. The number of rotatable bonds is 3. The second-order valence-corrected chi connectivity index (χ2v) is 5.69. The molecule has 0 saturated heterocycles. The van der Waals surface area contributed by atoms with Crippen molar-refractivity contribution in [2.45, 2.75) is 6.54 Å². The lowest BCUT2D eigenvalue weighted by Crippen LogP contribution is -2.15. The smallest absolute Gasteiger partial charge is 0.420 e. The summed E-state index contributed by atoms with van der Waals surface area (Å²) in [5, 5.41) is 19.2. The Hall–Kier alpha value is -2.44. The summed E-state index contributed by atoms with van der Waals surface area (Å²) in [7, 11) is 0. The average Bonchev–Trinajstić information content (AvgIpc) is 2.76. The summed E-state index contributed by atoms with van der Waals surface area (Å²) < 4.78 is 6.40. The number of carboxylic acids is 1. The molecular weight excluding hydrogens is 345 g/mol. The van der Waals surface area contributed by atoms with Crippen molar-refractivity contribution in [2.24, 2.45) is 0 Å². The van der Waals surface area contributed by atoms with E-state index in [0.29, 0.717) is 16.1 Å². The van der Waals surface area contributed by atoms with E-state index in [1.165, 1.54) is 28.8 Å². The number of halogens is 2. The third-order valence-electron chi connectivity index (χ3n) is 3.32. The molecule has 3 aromatic rings. The molecule has 118 valence electrons. The van der Waals surface area contributed by atoms with Crippen LogP contribution in [0.15, 0.2) is 39.5 Å². The first kappa shape index (κ1) is 15.5. The van der Waals surface area contributed by atoms with E-state index >= 15 is 0 Å². The lowest BCUT2D eigenvalue weighted by molar-refractivity contribution is 0.0693. The molecule has 1 aromatic heterocycles. The molecule has 2 aromatic carbocycles. The Morgan fingerprint density at radius 2 is 1.96 bits per heavy atom. The van der Waals surface area contributed by atoms with Crippen LogP contribution in [0.4, 0.5) is 0 Å². The van der Waals surface area contributed by atoms with Crippen LogP contribution in [0.2, 0.25) is 10.0 Å². The third-order valence-corrected chi connectivity index (χ3v) is 3.82. The molecule has 2 N–H and O–H groups in total. The first-order valence-electron chi connectivity index (χ1n) is 6.40. The fourth-order valence-corrected chi connectivity index (χ4v) is 2.80. The van der Waals surface area contributed by atoms with Gasteiger partial charge in [0, 0.05) is 5.02 Å². The molecule has 6 nitrogen and oxygen atoms in total. The summed E-state index contributed by atoms with van der Waals surface area (Å²) in [6, 6.07) is 7.05. The lowest BCUT2D eigenvalue weighted by atomic mass is 10.1. The molecule has 0 spiro atoms. The van der Waals surface area contributed by atoms with Gasteiger partial charge < -0.3 is 14.6 Å². The Morgan fingerprint density at radius 3 is 2.61 bits per heavy atom. The summed E-state index contributed by atoms with van der Waals surface area (Å²) in [6.45, 7) is 0.0654. The maximum atomic E-state index is 12.0. The zero-order chi connectivity index (χ0) is 16.7. The van der Waals surface area contributed by atoms with Crippen molar-refractivity contribution in [3.63, 3.8) is 0 Å². The first-order valence-corrected chi connectivity index (χ1v) is 7.16. The fraction of sp³-hybridized carbons (Fsp3) is 0.0667. The predicted molar refractivity (Wildman–Crippen MR) is 84.7 cm³/mol. The van der Waals surface area contributed by atoms with Crippen molar-refractivity contribution in [3.8, 4) is 5.75 Å². The highest BCUT2D eigenvalue weighted by atomic mass is 35.5. The zero-order valence-electron chi connectivity index (χ0n) is 11.4. The molecular formula is C15H9Cl2NO5. The maximum absolute atomic E-state index is 12.0. The second kappa shape index (κ2) is 5.64. The normalized spacial score (nSPS) is 11.0. The maximum Gasteiger partial charge on any atom is 0.420 e. The number of aromatic hydroxyl groups is 1. The number of phenols is 1. The number of nitrogens with zero attached hydrogens (tertiary/aromatic N) is 1. The van der Waals surface area contributed by atoms with Crippen molar-refractivity contribution < 1.29 is 19.4 Å². The molecule has 0 atom stereocenters. The van der Waals surface area contributed by atoms with E-state index in [4.69, 9.17) is 32.7 Å². The number of aromatic nitrogens is 1.